The van der Waals surface area contributed by atoms with Crippen LogP contribution in [-0.2, 0) is 9.59 Å². The Kier molecular flexibility index (Phi) is 11.8. The third kappa shape index (κ3) is 9.24. The summed E-state index contributed by atoms with van der Waals surface area (Å²) in [5, 5.41) is 7.33. The largest absolute Gasteiger partial charge is 1.00 e. The van der Waals surface area contributed by atoms with E-state index in [1.807, 2.05) is 53.2 Å². The molecule has 8 heteroatoms. The molecule has 2 N–H and O–H groups in total. The summed E-state index contributed by atoms with van der Waals surface area (Å²) in [6.45, 7) is 12.4. The number of nitrogens with zero attached hydrogens (tertiary/aromatic N) is 3. The fourth-order valence-electron chi connectivity index (χ4n) is 3.06. The monoisotopic (exact) mass is 439 g/mol. The molecule has 2 amide bonds. The van der Waals surface area contributed by atoms with E-state index in [0.29, 0.717) is 23.3 Å². The highest BCUT2D eigenvalue weighted by molar-refractivity contribution is 6.09. The van der Waals surface area contributed by atoms with E-state index in [9.17, 15) is 9.59 Å². The van der Waals surface area contributed by atoms with E-state index in [2.05, 4.69) is 34.6 Å². The van der Waals surface area contributed by atoms with E-state index >= 15 is 0 Å². The summed E-state index contributed by atoms with van der Waals surface area (Å²) < 4.78 is 0.510. The molecular weight excluding hydrogens is 402 g/mol. The molecule has 0 aliphatic carbocycles. The molecule has 1 aromatic carbocycles. The molecule has 0 aromatic heterocycles. The zero-order chi connectivity index (χ0) is 22.2. The van der Waals surface area contributed by atoms with Crippen LogP contribution in [0.25, 0.3) is 0 Å². The summed E-state index contributed by atoms with van der Waals surface area (Å²) in [4.78, 5) is 27.5. The number of halogens is 1. The average molecular weight is 440 g/mol. The smallest absolute Gasteiger partial charge is 0.295 e. The first-order valence-corrected chi connectivity index (χ1v) is 10.2. The number of benzene rings is 1. The molecular formula is C22H38ClN5O2. The number of anilines is 1. The predicted octanol–water partition coefficient (Wildman–Crippen LogP) is -0.598. The van der Waals surface area contributed by atoms with Crippen molar-refractivity contribution < 1.29 is 26.5 Å². The number of quaternary nitrogens is 1. The van der Waals surface area contributed by atoms with Crippen LogP contribution in [0.3, 0.4) is 0 Å². The van der Waals surface area contributed by atoms with Crippen LogP contribution < -0.4 is 23.1 Å². The van der Waals surface area contributed by atoms with Gasteiger partial charge in [0.05, 0.1) is 27.1 Å². The molecule has 0 aliphatic heterocycles. The number of rotatable bonds is 10. The number of carbonyl (C=O) groups excluding carboxylic acids is 2. The summed E-state index contributed by atoms with van der Waals surface area (Å²) in [7, 11) is 5.83. The predicted molar refractivity (Wildman–Crippen MR) is 120 cm³/mol. The standard InChI is InChI=1S/C22H37N5O2.ClH/c1-9-26(10-2)14-19(18(5)24-25-20(28)15-27(6,7)8)22(29)23-21-16(3)12-11-13-17(21)4;/h11-13,19H,9-10,14-15H2,1-8H3,(H-,23,25,28,29);1H/b24-18-;. The molecule has 0 bridgehead atoms. The lowest BCUT2D eigenvalue weighted by molar-refractivity contribution is -0.862. The molecule has 170 valence electrons. The summed E-state index contributed by atoms with van der Waals surface area (Å²) in [6.07, 6.45) is 0. The van der Waals surface area contributed by atoms with Crippen LogP contribution in [0, 0.1) is 19.8 Å². The first-order chi connectivity index (χ1) is 13.5. The van der Waals surface area contributed by atoms with Gasteiger partial charge in [0.25, 0.3) is 5.91 Å². The van der Waals surface area contributed by atoms with Gasteiger partial charge >= 0.3 is 0 Å². The molecule has 0 heterocycles. The summed E-state index contributed by atoms with van der Waals surface area (Å²) in [5.74, 6) is -0.747. The Labute approximate surface area is 187 Å². The van der Waals surface area contributed by atoms with Gasteiger partial charge < -0.3 is 27.1 Å². The number of hydrogen-bond acceptors (Lipinski definition) is 4. The average Bonchev–Trinajstić information content (AvgIpc) is 2.62. The number of aryl methyl sites for hydroxylation is 2. The van der Waals surface area contributed by atoms with Gasteiger partial charge in [0.2, 0.25) is 5.91 Å². The highest BCUT2D eigenvalue weighted by Gasteiger charge is 2.25. The number of hydrogen-bond donors (Lipinski definition) is 2. The Morgan fingerprint density at radius 1 is 1.10 bits per heavy atom. The van der Waals surface area contributed by atoms with E-state index in [4.69, 9.17) is 0 Å². The number of carbonyl (C=O) groups is 2. The lowest BCUT2D eigenvalue weighted by Gasteiger charge is -2.25. The zero-order valence-corrected chi connectivity index (χ0v) is 20.4. The Bertz CT molecular complexity index is 719. The first-order valence-electron chi connectivity index (χ1n) is 10.2. The van der Waals surface area contributed by atoms with E-state index in [1.165, 1.54) is 0 Å². The minimum absolute atomic E-state index is 0. The molecule has 0 spiro atoms. The number of para-hydroxylation sites is 1. The maximum Gasteiger partial charge on any atom is 0.295 e. The van der Waals surface area contributed by atoms with Crippen molar-refractivity contribution in [3.63, 3.8) is 0 Å². The van der Waals surface area contributed by atoms with Crippen molar-refractivity contribution >= 4 is 23.2 Å². The summed E-state index contributed by atoms with van der Waals surface area (Å²) in [6, 6.07) is 5.94. The second kappa shape index (κ2) is 12.7. The first kappa shape index (κ1) is 28.0. The molecule has 0 fully saturated rings. The minimum Gasteiger partial charge on any atom is -1.00 e. The number of likely N-dealkylation sites (N-methyl/N-ethyl adjacent to an activating group) is 1. The summed E-state index contributed by atoms with van der Waals surface area (Å²) >= 11 is 0. The van der Waals surface area contributed by atoms with Crippen LogP contribution in [0.5, 0.6) is 0 Å². The second-order valence-corrected chi connectivity index (χ2v) is 8.53. The van der Waals surface area contributed by atoms with Gasteiger partial charge in [-0.1, -0.05) is 32.0 Å². The van der Waals surface area contributed by atoms with Gasteiger partial charge in [-0.25, -0.2) is 5.43 Å². The highest BCUT2D eigenvalue weighted by atomic mass is 35.5. The van der Waals surface area contributed by atoms with Gasteiger partial charge in [-0.3, -0.25) is 9.59 Å². The fraction of sp³-hybridized carbons (Fsp3) is 0.591. The maximum absolute atomic E-state index is 13.2. The Balaban J connectivity index is 0.00000841. The maximum atomic E-state index is 13.2. The highest BCUT2D eigenvalue weighted by Crippen LogP contribution is 2.20. The molecule has 30 heavy (non-hydrogen) atoms. The van der Waals surface area contributed by atoms with Crippen LogP contribution in [0.2, 0.25) is 0 Å². The molecule has 1 unspecified atom stereocenters. The van der Waals surface area contributed by atoms with Gasteiger partial charge in [0, 0.05) is 17.9 Å². The van der Waals surface area contributed by atoms with Gasteiger partial charge in [-0.05, 0) is 45.0 Å². The Hall–Kier alpha value is -1.96. The quantitative estimate of drug-likeness (QED) is 0.290. The van der Waals surface area contributed by atoms with Gasteiger partial charge in [0.1, 0.15) is 0 Å². The minimum atomic E-state index is -0.460. The molecule has 1 rings (SSSR count). The zero-order valence-electron chi connectivity index (χ0n) is 19.7. The van der Waals surface area contributed by atoms with E-state index in [1.54, 1.807) is 6.92 Å². The fourth-order valence-corrected chi connectivity index (χ4v) is 3.06. The van der Waals surface area contributed by atoms with E-state index < -0.39 is 5.92 Å². The molecule has 0 saturated heterocycles. The normalized spacial score (nSPS) is 12.9. The van der Waals surface area contributed by atoms with Crippen LogP contribution >= 0.6 is 0 Å². The summed E-state index contributed by atoms with van der Waals surface area (Å²) in [5.41, 5.74) is 6.07. The van der Waals surface area contributed by atoms with Crippen LogP contribution in [0.15, 0.2) is 23.3 Å². The van der Waals surface area contributed by atoms with Crippen LogP contribution in [0.1, 0.15) is 31.9 Å². The van der Waals surface area contributed by atoms with Crippen LogP contribution in [0.4, 0.5) is 5.69 Å². The topological polar surface area (TPSA) is 73.8 Å². The molecule has 1 atom stereocenters. The van der Waals surface area contributed by atoms with Crippen molar-refractivity contribution in [3.8, 4) is 0 Å². The molecule has 0 radical (unpaired) electrons. The van der Waals surface area contributed by atoms with Crippen molar-refractivity contribution in [2.75, 3.05) is 52.6 Å². The SMILES string of the molecule is CCN(CC)CC(C(=O)Nc1c(C)cccc1C)/C(C)=N\NC(=O)C[N+](C)(C)C.[Cl-]. The van der Waals surface area contributed by atoms with Gasteiger partial charge in [-0.2, -0.15) is 5.10 Å². The molecule has 1 aromatic rings. The van der Waals surface area contributed by atoms with Gasteiger partial charge in [-0.15, -0.1) is 0 Å². The molecule has 0 saturated carbocycles. The second-order valence-electron chi connectivity index (χ2n) is 8.53. The Morgan fingerprint density at radius 3 is 2.10 bits per heavy atom. The lowest BCUT2D eigenvalue weighted by Crippen LogP contribution is -3.00. The van der Waals surface area contributed by atoms with Crippen molar-refractivity contribution in [1.82, 2.24) is 10.3 Å². The number of hydrazone groups is 1. The van der Waals surface area contributed by atoms with Crippen molar-refractivity contribution in [1.29, 1.82) is 0 Å². The number of amides is 2. The third-order valence-electron chi connectivity index (χ3n) is 4.86. The Morgan fingerprint density at radius 2 is 1.63 bits per heavy atom. The van der Waals surface area contributed by atoms with E-state index in [-0.39, 0.29) is 24.2 Å². The number of nitrogens with one attached hydrogen (secondary N) is 2. The van der Waals surface area contributed by atoms with Gasteiger partial charge in [0.15, 0.2) is 6.54 Å². The van der Waals surface area contributed by atoms with Crippen LogP contribution in [-0.4, -0.2) is 74.2 Å². The molecule has 0 aliphatic rings. The van der Waals surface area contributed by atoms with E-state index in [0.717, 1.165) is 29.9 Å². The lowest BCUT2D eigenvalue weighted by atomic mass is 10.0. The van der Waals surface area contributed by atoms with Crippen molar-refractivity contribution in [3.05, 3.63) is 29.3 Å². The van der Waals surface area contributed by atoms with Crippen molar-refractivity contribution in [2.45, 2.75) is 34.6 Å². The third-order valence-corrected chi connectivity index (χ3v) is 4.86. The molecule has 7 nitrogen and oxygen atoms in total. The van der Waals surface area contributed by atoms with Crippen molar-refractivity contribution in [2.24, 2.45) is 11.0 Å².